The Morgan fingerprint density at radius 1 is 0.471 bits per heavy atom. The van der Waals surface area contributed by atoms with Gasteiger partial charge in [0.1, 0.15) is 5.82 Å². The van der Waals surface area contributed by atoms with Crippen LogP contribution in [0.25, 0.3) is 27.6 Å². The van der Waals surface area contributed by atoms with Crippen LogP contribution in [-0.2, 0) is 42.7 Å². The zero-order valence-electron chi connectivity index (χ0n) is 40.8. The topological polar surface area (TPSA) is 33.5 Å². The van der Waals surface area contributed by atoms with Gasteiger partial charge >= 0.3 is 0 Å². The Labute approximate surface area is 417 Å². The fourth-order valence-electron chi connectivity index (χ4n) is 9.46. The standard InChI is InChI=1S/C62H59N4O.Pt/c1-59(2,3)46-34-47(60(4,5)6)36-49(35-46)65-41-64(55-26-17-18-27-56(55)65)48-24-19-25-50(39-48)67-51-29-30-52-53-37-44(61(7,8)42-20-13-11-14-21-42)28-31-54(53)66(57(52)40-51)58-38-45(32-33-63-58)62(9,10)43-22-15-12-16-23-43;/h11-38,41H,1-10H3;/q-3;. The van der Waals surface area contributed by atoms with Gasteiger partial charge in [-0.2, -0.15) is 12.1 Å². The number of hydrogen-bond acceptors (Lipinski definition) is 4. The molecule has 2 aromatic heterocycles. The van der Waals surface area contributed by atoms with E-state index in [4.69, 9.17) is 9.72 Å². The Balaban J connectivity index is 0.00000578. The molecule has 1 aliphatic rings. The van der Waals surface area contributed by atoms with Crippen molar-refractivity contribution in [1.29, 1.82) is 0 Å². The molecule has 7 aromatic carbocycles. The van der Waals surface area contributed by atoms with Gasteiger partial charge < -0.3 is 19.1 Å². The molecule has 0 radical (unpaired) electrons. The molecule has 5 nitrogen and oxygen atoms in total. The van der Waals surface area contributed by atoms with Crippen LogP contribution >= 0.6 is 0 Å². The van der Waals surface area contributed by atoms with Crippen molar-refractivity contribution in [3.05, 3.63) is 222 Å². The molecule has 0 spiro atoms. The van der Waals surface area contributed by atoms with E-state index in [-0.39, 0.29) is 42.7 Å². The molecule has 1 aliphatic heterocycles. The van der Waals surface area contributed by atoms with E-state index < -0.39 is 0 Å². The average Bonchev–Trinajstić information content (AvgIpc) is 3.87. The molecule has 3 heterocycles. The second-order valence-corrected chi connectivity index (χ2v) is 21.2. The van der Waals surface area contributed by atoms with E-state index in [0.717, 1.165) is 50.4 Å². The Morgan fingerprint density at radius 3 is 1.66 bits per heavy atom. The van der Waals surface area contributed by atoms with Crippen LogP contribution in [0.5, 0.6) is 11.5 Å². The van der Waals surface area contributed by atoms with Crippen LogP contribution in [-0.4, -0.2) is 9.55 Å². The minimum atomic E-state index is -0.250. The van der Waals surface area contributed by atoms with Crippen LogP contribution < -0.4 is 14.5 Å². The van der Waals surface area contributed by atoms with E-state index in [2.05, 4.69) is 248 Å². The zero-order valence-corrected chi connectivity index (χ0v) is 43.0. The summed E-state index contributed by atoms with van der Waals surface area (Å²) >= 11 is 0. The first-order valence-corrected chi connectivity index (χ1v) is 23.4. The Kier molecular flexibility index (Phi) is 12.1. The van der Waals surface area contributed by atoms with Crippen LogP contribution in [0, 0.1) is 18.8 Å². The van der Waals surface area contributed by atoms with Gasteiger partial charge in [0, 0.05) is 72.2 Å². The maximum absolute atomic E-state index is 6.75. The predicted octanol–water partition coefficient (Wildman–Crippen LogP) is 16.2. The van der Waals surface area contributed by atoms with E-state index >= 15 is 0 Å². The summed E-state index contributed by atoms with van der Waals surface area (Å²) in [5.41, 5.74) is 13.2. The van der Waals surface area contributed by atoms with Crippen molar-refractivity contribution >= 4 is 44.6 Å². The molecule has 346 valence electrons. The van der Waals surface area contributed by atoms with Crippen molar-refractivity contribution in [2.75, 3.05) is 9.80 Å². The molecule has 0 atom stereocenters. The second-order valence-electron chi connectivity index (χ2n) is 21.2. The molecule has 0 saturated heterocycles. The number of nitrogens with zero attached hydrogens (tertiary/aromatic N) is 4. The third-order valence-electron chi connectivity index (χ3n) is 13.9. The van der Waals surface area contributed by atoms with Gasteiger partial charge in [0.15, 0.2) is 0 Å². The normalized spacial score (nSPS) is 13.2. The molecule has 10 rings (SSSR count). The molecule has 0 bridgehead atoms. The zero-order chi connectivity index (χ0) is 46.9. The SMILES string of the molecule is CC(C)(C)c1cc(N2[CH-]N(c3[c-]c(Oc4[c-]c5c(cc4)c4cc(C(C)(C)c6ccccc6)ccc4n5-c4cc(C(C)(C)c5ccccc5)ccn4)ccc3)c3ccccc32)cc(C(C)(C)C)c1.[Pt]. The van der Waals surface area contributed by atoms with Crippen molar-refractivity contribution < 1.29 is 25.8 Å². The summed E-state index contributed by atoms with van der Waals surface area (Å²) in [4.78, 5) is 9.55. The van der Waals surface area contributed by atoms with Gasteiger partial charge in [0.25, 0.3) is 0 Å². The minimum absolute atomic E-state index is 0. The van der Waals surface area contributed by atoms with Crippen LogP contribution in [0.2, 0.25) is 0 Å². The fourth-order valence-corrected chi connectivity index (χ4v) is 9.46. The summed E-state index contributed by atoms with van der Waals surface area (Å²) in [6.45, 7) is 25.0. The van der Waals surface area contributed by atoms with Crippen LogP contribution in [0.4, 0.5) is 22.7 Å². The summed E-state index contributed by atoms with van der Waals surface area (Å²) < 4.78 is 8.99. The molecule has 0 unspecified atom stereocenters. The third-order valence-corrected chi connectivity index (χ3v) is 13.9. The van der Waals surface area contributed by atoms with Crippen molar-refractivity contribution in [3.8, 4) is 17.3 Å². The monoisotopic (exact) mass is 1070 g/mol. The summed E-state index contributed by atoms with van der Waals surface area (Å²) in [7, 11) is 0. The first-order chi connectivity index (χ1) is 32.0. The molecule has 6 heteroatoms. The molecule has 0 fully saturated rings. The van der Waals surface area contributed by atoms with Gasteiger partial charge in [0.2, 0.25) is 0 Å². The maximum Gasteiger partial charge on any atom is 0.135 e. The number of aromatic nitrogens is 2. The second kappa shape index (κ2) is 17.6. The molecule has 0 saturated carbocycles. The van der Waals surface area contributed by atoms with E-state index in [1.807, 2.05) is 24.4 Å². The molecule has 0 N–H and O–H groups in total. The third kappa shape index (κ3) is 8.56. The van der Waals surface area contributed by atoms with E-state index in [1.165, 1.54) is 33.4 Å². The predicted molar refractivity (Wildman–Crippen MR) is 279 cm³/mol. The van der Waals surface area contributed by atoms with Gasteiger partial charge in [-0.3, -0.25) is 0 Å². The number of ether oxygens (including phenoxy) is 1. The van der Waals surface area contributed by atoms with Crippen molar-refractivity contribution in [3.63, 3.8) is 0 Å². The quantitative estimate of drug-likeness (QED) is 0.135. The van der Waals surface area contributed by atoms with Crippen LogP contribution in [0.3, 0.4) is 0 Å². The van der Waals surface area contributed by atoms with Crippen LogP contribution in [0.1, 0.15) is 103 Å². The molecular formula is C62H59N4OPt-3. The molecular weight excluding hydrogens is 1010 g/mol. The number of fused-ring (bicyclic) bond motifs is 4. The van der Waals surface area contributed by atoms with Gasteiger partial charge in [-0.25, -0.2) is 4.98 Å². The Bertz CT molecular complexity index is 3250. The fraction of sp³-hybridized carbons (Fsp3) is 0.226. The van der Waals surface area contributed by atoms with Crippen molar-refractivity contribution in [2.45, 2.75) is 90.9 Å². The summed E-state index contributed by atoms with van der Waals surface area (Å²) in [6.07, 6.45) is 1.93. The molecule has 68 heavy (non-hydrogen) atoms. The summed E-state index contributed by atoms with van der Waals surface area (Å²) in [5, 5.41) is 2.21. The van der Waals surface area contributed by atoms with E-state index in [9.17, 15) is 0 Å². The number of benzene rings is 7. The Hall–Kier alpha value is -6.42. The number of rotatable bonds is 9. The van der Waals surface area contributed by atoms with Crippen molar-refractivity contribution in [2.24, 2.45) is 0 Å². The van der Waals surface area contributed by atoms with Gasteiger partial charge in [-0.1, -0.05) is 166 Å². The number of anilines is 4. The Morgan fingerprint density at radius 2 is 1.04 bits per heavy atom. The molecule has 0 amide bonds. The summed E-state index contributed by atoms with van der Waals surface area (Å²) in [5.74, 6) is 2.02. The summed E-state index contributed by atoms with van der Waals surface area (Å²) in [6, 6.07) is 65.9. The first kappa shape index (κ1) is 46.7. The van der Waals surface area contributed by atoms with Gasteiger partial charge in [-0.05, 0) is 92.1 Å². The molecule has 9 aromatic rings. The maximum atomic E-state index is 6.75. The number of pyridine rings is 1. The van der Waals surface area contributed by atoms with E-state index in [0.29, 0.717) is 11.5 Å². The minimum Gasteiger partial charge on any atom is -0.509 e. The van der Waals surface area contributed by atoms with Gasteiger partial charge in [-0.15, -0.1) is 48.1 Å². The first-order valence-electron chi connectivity index (χ1n) is 23.4. The van der Waals surface area contributed by atoms with E-state index in [1.54, 1.807) is 0 Å². The smallest absolute Gasteiger partial charge is 0.135 e. The van der Waals surface area contributed by atoms with Crippen molar-refractivity contribution in [1.82, 2.24) is 9.55 Å². The average molecular weight is 1070 g/mol. The number of hydrogen-bond donors (Lipinski definition) is 0. The van der Waals surface area contributed by atoms with Gasteiger partial charge in [0.05, 0.1) is 0 Å². The molecule has 0 aliphatic carbocycles. The van der Waals surface area contributed by atoms with Crippen LogP contribution in [0.15, 0.2) is 170 Å². The largest absolute Gasteiger partial charge is 0.509 e. The number of para-hydroxylation sites is 2.